The monoisotopic (exact) mass is 391 g/mol. The zero-order chi connectivity index (χ0) is 15.8. The number of halogens is 1. The maximum absolute atomic E-state index is 12.6. The Morgan fingerprint density at radius 1 is 1.35 bits per heavy atom. The number of tetrazole rings is 1. The van der Waals surface area contributed by atoms with Gasteiger partial charge in [0.2, 0.25) is 5.13 Å². The minimum Gasteiger partial charge on any atom is -0.296 e. The molecule has 0 unspecified atom stereocenters. The lowest BCUT2D eigenvalue weighted by atomic mass is 10.1. The number of hydrogen-bond acceptors (Lipinski definition) is 7. The van der Waals surface area contributed by atoms with Crippen molar-refractivity contribution in [3.63, 3.8) is 0 Å². The summed E-state index contributed by atoms with van der Waals surface area (Å²) in [5.41, 5.74) is 1.03. The van der Waals surface area contributed by atoms with Crippen molar-refractivity contribution in [3.8, 4) is 5.69 Å². The fraction of sp³-hybridized carbons (Fsp3) is 0.231. The van der Waals surface area contributed by atoms with Crippen LogP contribution in [-0.2, 0) is 0 Å². The van der Waals surface area contributed by atoms with E-state index in [2.05, 4.69) is 47.0 Å². The molecule has 0 atom stereocenters. The number of anilines is 1. The highest BCUT2D eigenvalue weighted by atomic mass is 79.9. The molecular formula is C13H10BrN7OS. The van der Waals surface area contributed by atoms with E-state index in [4.69, 9.17) is 0 Å². The highest BCUT2D eigenvalue weighted by Crippen LogP contribution is 2.42. The van der Waals surface area contributed by atoms with Crippen LogP contribution >= 0.6 is 27.3 Å². The predicted octanol–water partition coefficient (Wildman–Crippen LogP) is 2.41. The molecule has 1 N–H and O–H groups in total. The maximum atomic E-state index is 12.6. The maximum Gasteiger partial charge on any atom is 0.259 e. The lowest BCUT2D eigenvalue weighted by molar-refractivity contribution is 0.102. The number of nitrogens with one attached hydrogen (secondary N) is 1. The molecule has 1 aromatic carbocycles. The third-order valence-corrected chi connectivity index (χ3v) is 4.88. The molecule has 1 fully saturated rings. The fourth-order valence-electron chi connectivity index (χ4n) is 2.11. The van der Waals surface area contributed by atoms with Crippen LogP contribution in [0.1, 0.15) is 34.1 Å². The van der Waals surface area contributed by atoms with Crippen molar-refractivity contribution in [2.75, 3.05) is 5.32 Å². The van der Waals surface area contributed by atoms with Crippen molar-refractivity contribution >= 4 is 38.3 Å². The van der Waals surface area contributed by atoms with Crippen LogP contribution in [-0.4, -0.2) is 36.3 Å². The standard InChI is InChI=1S/C13H10BrN7OS/c14-8-3-4-10(21-6-15-19-20-21)9(5-8)11(22)16-13-18-17-12(23-13)7-1-2-7/h3-7H,1-2H2,(H,16,18,22). The van der Waals surface area contributed by atoms with Crippen LogP contribution in [0.3, 0.4) is 0 Å². The van der Waals surface area contributed by atoms with Gasteiger partial charge in [-0.25, -0.2) is 0 Å². The molecule has 1 aliphatic rings. The van der Waals surface area contributed by atoms with E-state index >= 15 is 0 Å². The topological polar surface area (TPSA) is 98.5 Å². The summed E-state index contributed by atoms with van der Waals surface area (Å²) in [7, 11) is 0. The van der Waals surface area contributed by atoms with Crippen molar-refractivity contribution in [1.29, 1.82) is 0 Å². The average Bonchev–Trinajstić information content (AvgIpc) is 3.06. The zero-order valence-corrected chi connectivity index (χ0v) is 14.1. The molecule has 0 aliphatic heterocycles. The number of nitrogens with zero attached hydrogens (tertiary/aromatic N) is 6. The van der Waals surface area contributed by atoms with Crippen molar-refractivity contribution in [3.05, 3.63) is 39.6 Å². The first-order valence-corrected chi connectivity index (χ1v) is 8.49. The first-order chi connectivity index (χ1) is 11.2. The van der Waals surface area contributed by atoms with E-state index in [1.807, 2.05) is 6.07 Å². The number of amides is 1. The van der Waals surface area contributed by atoms with Crippen LogP contribution in [0.2, 0.25) is 0 Å². The Morgan fingerprint density at radius 3 is 2.96 bits per heavy atom. The van der Waals surface area contributed by atoms with Gasteiger partial charge in [0.1, 0.15) is 11.3 Å². The van der Waals surface area contributed by atoms with Gasteiger partial charge in [-0.15, -0.1) is 15.3 Å². The zero-order valence-electron chi connectivity index (χ0n) is 11.7. The van der Waals surface area contributed by atoms with Gasteiger partial charge in [-0.05, 0) is 41.5 Å². The molecule has 116 valence electrons. The number of aromatic nitrogens is 6. The van der Waals surface area contributed by atoms with E-state index < -0.39 is 0 Å². The van der Waals surface area contributed by atoms with E-state index in [0.717, 1.165) is 22.3 Å². The van der Waals surface area contributed by atoms with Crippen molar-refractivity contribution in [2.45, 2.75) is 18.8 Å². The molecule has 0 spiro atoms. The number of hydrogen-bond donors (Lipinski definition) is 1. The minimum absolute atomic E-state index is 0.282. The Hall–Kier alpha value is -2.20. The number of carbonyl (C=O) groups excluding carboxylic acids is 1. The van der Waals surface area contributed by atoms with Gasteiger partial charge in [-0.3, -0.25) is 10.1 Å². The summed E-state index contributed by atoms with van der Waals surface area (Å²) in [4.78, 5) is 12.6. The second-order valence-corrected chi connectivity index (χ2v) is 7.01. The van der Waals surface area contributed by atoms with Crippen molar-refractivity contribution in [2.24, 2.45) is 0 Å². The summed E-state index contributed by atoms with van der Waals surface area (Å²) in [5.74, 6) is 0.233. The van der Waals surface area contributed by atoms with Gasteiger partial charge in [0.05, 0.1) is 11.3 Å². The first-order valence-electron chi connectivity index (χ1n) is 6.88. The summed E-state index contributed by atoms with van der Waals surface area (Å²) in [6.07, 6.45) is 3.74. The molecule has 1 amide bonds. The number of carbonyl (C=O) groups is 1. The van der Waals surface area contributed by atoms with E-state index in [1.165, 1.54) is 22.3 Å². The smallest absolute Gasteiger partial charge is 0.259 e. The molecule has 0 bridgehead atoms. The minimum atomic E-state index is -0.282. The Kier molecular flexibility index (Phi) is 3.62. The van der Waals surface area contributed by atoms with Crippen LogP contribution in [0.5, 0.6) is 0 Å². The molecule has 0 radical (unpaired) electrons. The largest absolute Gasteiger partial charge is 0.296 e. The van der Waals surface area contributed by atoms with E-state index in [1.54, 1.807) is 12.1 Å². The fourth-order valence-corrected chi connectivity index (χ4v) is 3.37. The SMILES string of the molecule is O=C(Nc1nnc(C2CC2)s1)c1cc(Br)ccc1-n1cnnn1. The summed E-state index contributed by atoms with van der Waals surface area (Å²) < 4.78 is 2.23. The molecule has 10 heteroatoms. The highest BCUT2D eigenvalue weighted by Gasteiger charge is 2.28. The van der Waals surface area contributed by atoms with Crippen LogP contribution < -0.4 is 5.32 Å². The van der Waals surface area contributed by atoms with Crippen molar-refractivity contribution < 1.29 is 4.79 Å². The van der Waals surface area contributed by atoms with Crippen molar-refractivity contribution in [1.82, 2.24) is 30.4 Å². The quantitative estimate of drug-likeness (QED) is 0.732. The summed E-state index contributed by atoms with van der Waals surface area (Å²) in [6, 6.07) is 5.31. The highest BCUT2D eigenvalue weighted by molar-refractivity contribution is 9.10. The van der Waals surface area contributed by atoms with E-state index in [9.17, 15) is 4.79 Å². The van der Waals surface area contributed by atoms with Crippen LogP contribution in [0.25, 0.3) is 5.69 Å². The second kappa shape index (κ2) is 5.78. The summed E-state index contributed by atoms with van der Waals surface area (Å²) in [6.45, 7) is 0. The normalized spacial score (nSPS) is 14.0. The lowest BCUT2D eigenvalue weighted by Gasteiger charge is -2.08. The molecule has 23 heavy (non-hydrogen) atoms. The molecular weight excluding hydrogens is 382 g/mol. The Labute approximate surface area is 143 Å². The average molecular weight is 392 g/mol. The van der Waals surface area contributed by atoms with Gasteiger partial charge in [0, 0.05) is 10.4 Å². The summed E-state index contributed by atoms with van der Waals surface area (Å²) >= 11 is 4.80. The molecule has 2 aromatic heterocycles. The lowest BCUT2D eigenvalue weighted by Crippen LogP contribution is -2.15. The van der Waals surface area contributed by atoms with Gasteiger partial charge in [-0.2, -0.15) is 4.68 Å². The third-order valence-electron chi connectivity index (χ3n) is 3.39. The van der Waals surface area contributed by atoms with E-state index in [0.29, 0.717) is 22.3 Å². The molecule has 3 aromatic rings. The second-order valence-electron chi connectivity index (χ2n) is 5.09. The Balaban J connectivity index is 1.63. The van der Waals surface area contributed by atoms with Gasteiger partial charge in [0.25, 0.3) is 5.91 Å². The van der Waals surface area contributed by atoms with E-state index in [-0.39, 0.29) is 5.91 Å². The molecule has 0 saturated heterocycles. The predicted molar refractivity (Wildman–Crippen MR) is 86.7 cm³/mol. The molecule has 4 rings (SSSR count). The van der Waals surface area contributed by atoms with Gasteiger partial charge in [-0.1, -0.05) is 27.3 Å². The van der Waals surface area contributed by atoms with Gasteiger partial charge in [0.15, 0.2) is 0 Å². The summed E-state index contributed by atoms with van der Waals surface area (Å²) in [5, 5.41) is 23.5. The first kappa shape index (κ1) is 14.4. The Bertz CT molecular complexity index is 859. The number of benzene rings is 1. The van der Waals surface area contributed by atoms with Crippen LogP contribution in [0.15, 0.2) is 29.0 Å². The molecule has 1 aliphatic carbocycles. The van der Waals surface area contributed by atoms with Crippen LogP contribution in [0.4, 0.5) is 5.13 Å². The Morgan fingerprint density at radius 2 is 2.22 bits per heavy atom. The third kappa shape index (κ3) is 2.99. The van der Waals surface area contributed by atoms with Crippen LogP contribution in [0, 0.1) is 0 Å². The molecule has 8 nitrogen and oxygen atoms in total. The van der Waals surface area contributed by atoms with Gasteiger partial charge < -0.3 is 0 Å². The molecule has 1 saturated carbocycles. The van der Waals surface area contributed by atoms with Gasteiger partial charge >= 0.3 is 0 Å². The molecule has 2 heterocycles. The number of rotatable bonds is 4.